The van der Waals surface area contributed by atoms with Crippen LogP contribution in [0.4, 0.5) is 20.2 Å². The first kappa shape index (κ1) is 17.3. The Bertz CT molecular complexity index is 1070. The number of ether oxygens (including phenoxy) is 2. The predicted molar refractivity (Wildman–Crippen MR) is 105 cm³/mol. The summed E-state index contributed by atoms with van der Waals surface area (Å²) in [5.41, 5.74) is 4.12. The molecule has 3 aliphatic rings. The summed E-state index contributed by atoms with van der Waals surface area (Å²) in [6.07, 6.45) is -0.441. The van der Waals surface area contributed by atoms with Gasteiger partial charge in [0.25, 0.3) is 6.43 Å². The molecule has 144 valence electrons. The summed E-state index contributed by atoms with van der Waals surface area (Å²) in [7, 11) is -0.387. The van der Waals surface area contributed by atoms with Gasteiger partial charge in [0, 0.05) is 24.3 Å². The summed E-state index contributed by atoms with van der Waals surface area (Å²) in [4.78, 5) is 0. The van der Waals surface area contributed by atoms with Crippen LogP contribution in [0.5, 0.6) is 11.5 Å². The first-order valence-electron chi connectivity index (χ1n) is 8.68. The number of nitrogens with zero attached hydrogens (tertiary/aromatic N) is 4. The van der Waals surface area contributed by atoms with Crippen molar-refractivity contribution in [1.29, 1.82) is 0 Å². The maximum atomic E-state index is 12.8. The Kier molecular flexibility index (Phi) is 4.12. The minimum absolute atomic E-state index is 0.0810. The van der Waals surface area contributed by atoms with Crippen LogP contribution in [0, 0.1) is 0 Å². The highest BCUT2D eigenvalue weighted by molar-refractivity contribution is 7.88. The van der Waals surface area contributed by atoms with E-state index >= 15 is 0 Å². The molecule has 3 heterocycles. The number of halogens is 2. The molecule has 6 nitrogen and oxygen atoms in total. The van der Waals surface area contributed by atoms with Crippen molar-refractivity contribution < 1.29 is 18.3 Å². The summed E-state index contributed by atoms with van der Waals surface area (Å²) in [6, 6.07) is 11.7. The molecule has 1 atom stereocenters. The number of hydrogen-bond donors (Lipinski definition) is 0. The lowest BCUT2D eigenvalue weighted by Gasteiger charge is -2.29. The number of fused-ring (bicyclic) bond motifs is 2. The molecule has 2 aromatic carbocycles. The highest BCUT2D eigenvalue weighted by Crippen LogP contribution is 2.38. The van der Waals surface area contributed by atoms with Crippen LogP contribution in [-0.4, -0.2) is 30.9 Å². The molecule has 0 saturated heterocycles. The third kappa shape index (κ3) is 2.95. The van der Waals surface area contributed by atoms with Crippen LogP contribution < -0.4 is 13.8 Å². The maximum absolute atomic E-state index is 12.8. The van der Waals surface area contributed by atoms with E-state index in [9.17, 15) is 8.78 Å². The van der Waals surface area contributed by atoms with E-state index in [0.717, 1.165) is 34.0 Å². The van der Waals surface area contributed by atoms with Gasteiger partial charge in [-0.05, 0) is 34.6 Å². The molecule has 2 aromatic rings. The average Bonchev–Trinajstić information content (AvgIpc) is 3.36. The quantitative estimate of drug-likeness (QED) is 0.772. The van der Waals surface area contributed by atoms with Crippen molar-refractivity contribution in [3.8, 4) is 11.5 Å². The number of benzene rings is 2. The van der Waals surface area contributed by atoms with Crippen LogP contribution in [-0.2, 0) is 17.4 Å². The van der Waals surface area contributed by atoms with Gasteiger partial charge in [0.2, 0.25) is 6.79 Å². The van der Waals surface area contributed by atoms with Crippen LogP contribution in [0.1, 0.15) is 17.5 Å². The number of alkyl halides is 2. The zero-order chi connectivity index (χ0) is 19.3. The van der Waals surface area contributed by atoms with Crippen LogP contribution in [0.2, 0.25) is 0 Å². The van der Waals surface area contributed by atoms with E-state index < -0.39 is 6.43 Å². The van der Waals surface area contributed by atoms with E-state index in [1.54, 1.807) is 0 Å². The molecule has 5 rings (SSSR count). The minimum atomic E-state index is -2.57. The zero-order valence-corrected chi connectivity index (χ0v) is 15.7. The van der Waals surface area contributed by atoms with Crippen molar-refractivity contribution in [2.75, 3.05) is 17.4 Å². The van der Waals surface area contributed by atoms with Crippen molar-refractivity contribution in [2.24, 2.45) is 14.6 Å². The maximum Gasteiger partial charge on any atom is 0.278 e. The Balaban J connectivity index is 1.41. The van der Waals surface area contributed by atoms with Gasteiger partial charge in [0.05, 0.1) is 23.6 Å². The second-order valence-corrected chi connectivity index (χ2v) is 8.09. The lowest BCUT2D eigenvalue weighted by molar-refractivity contribution is 0.174. The van der Waals surface area contributed by atoms with Gasteiger partial charge >= 0.3 is 0 Å². The summed E-state index contributed by atoms with van der Waals surface area (Å²) in [6.45, 7) is 0.942. The molecule has 0 amide bonds. The first-order chi connectivity index (χ1) is 13.6. The summed E-state index contributed by atoms with van der Waals surface area (Å²) in [5, 5.41) is 7.52. The summed E-state index contributed by atoms with van der Waals surface area (Å²) < 4.78 is 43.5. The molecule has 0 saturated carbocycles. The molecular weight excluding hydrogens is 386 g/mol. The van der Waals surface area contributed by atoms with E-state index in [1.807, 2.05) is 42.7 Å². The van der Waals surface area contributed by atoms with E-state index in [2.05, 4.69) is 14.5 Å². The largest absolute Gasteiger partial charge is 0.454 e. The molecule has 1 unspecified atom stereocenters. The van der Waals surface area contributed by atoms with E-state index in [0.29, 0.717) is 12.3 Å². The average molecular weight is 402 g/mol. The molecule has 3 aliphatic heterocycles. The highest BCUT2D eigenvalue weighted by atomic mass is 32.2. The molecule has 0 spiro atoms. The number of hydrogen-bond acceptors (Lipinski definition) is 6. The van der Waals surface area contributed by atoms with E-state index in [1.165, 1.54) is 0 Å². The monoisotopic (exact) mass is 402 g/mol. The Hall–Kier alpha value is -2.81. The zero-order valence-electron chi connectivity index (χ0n) is 14.9. The SMILES string of the molecule is CS1=Nc2cc(C3=NN=C(C(F)F)C3)ccc2CN1c1ccc2c(c1)OCO2. The number of rotatable bonds is 3. The molecular formula is C19H16F2N4O2S. The molecule has 0 fully saturated rings. The third-order valence-corrected chi connectivity index (χ3v) is 6.26. The van der Waals surface area contributed by atoms with Gasteiger partial charge in [0.1, 0.15) is 5.71 Å². The van der Waals surface area contributed by atoms with Gasteiger partial charge in [-0.1, -0.05) is 12.1 Å². The second kappa shape index (κ2) is 6.66. The lowest BCUT2D eigenvalue weighted by atomic mass is 10.0. The normalized spacial score (nSPS) is 20.0. The number of anilines is 1. The Labute approximate surface area is 162 Å². The molecule has 28 heavy (non-hydrogen) atoms. The minimum Gasteiger partial charge on any atom is -0.454 e. The van der Waals surface area contributed by atoms with Crippen molar-refractivity contribution in [2.45, 2.75) is 19.4 Å². The van der Waals surface area contributed by atoms with Crippen LogP contribution in [0.15, 0.2) is 51.0 Å². The van der Waals surface area contributed by atoms with Crippen molar-refractivity contribution in [3.63, 3.8) is 0 Å². The molecule has 0 bridgehead atoms. The van der Waals surface area contributed by atoms with Crippen molar-refractivity contribution >= 4 is 33.7 Å². The van der Waals surface area contributed by atoms with Gasteiger partial charge in [-0.3, -0.25) is 0 Å². The second-order valence-electron chi connectivity index (χ2n) is 6.57. The van der Waals surface area contributed by atoms with Gasteiger partial charge in [-0.2, -0.15) is 10.2 Å². The fourth-order valence-electron chi connectivity index (χ4n) is 3.33. The van der Waals surface area contributed by atoms with Crippen LogP contribution in [0.25, 0.3) is 0 Å². The van der Waals surface area contributed by atoms with Crippen molar-refractivity contribution in [3.05, 3.63) is 47.5 Å². The molecule has 0 N–H and O–H groups in total. The summed E-state index contributed by atoms with van der Waals surface area (Å²) >= 11 is 0. The van der Waals surface area contributed by atoms with Gasteiger partial charge in [-0.25, -0.2) is 13.1 Å². The Morgan fingerprint density at radius 2 is 1.93 bits per heavy atom. The highest BCUT2D eigenvalue weighted by Gasteiger charge is 2.24. The fraction of sp³-hybridized carbons (Fsp3) is 0.263. The fourth-order valence-corrected chi connectivity index (χ4v) is 4.63. The van der Waals surface area contributed by atoms with Gasteiger partial charge in [-0.15, -0.1) is 0 Å². The standard InChI is InChI=1S/C19H16F2N4O2S/c1-28-24-15-6-11(14-8-16(19(20)21)23-22-14)2-3-12(15)9-25(28)13-4-5-17-18(7-13)27-10-26-17/h2-7,19H,8-10H2,1H3. The van der Waals surface area contributed by atoms with Gasteiger partial charge in [0.15, 0.2) is 11.5 Å². The predicted octanol–water partition coefficient (Wildman–Crippen LogP) is 4.23. The molecule has 9 heteroatoms. The van der Waals surface area contributed by atoms with E-state index in [4.69, 9.17) is 13.8 Å². The smallest absolute Gasteiger partial charge is 0.278 e. The van der Waals surface area contributed by atoms with Crippen molar-refractivity contribution in [1.82, 2.24) is 0 Å². The topological polar surface area (TPSA) is 58.8 Å². The Morgan fingerprint density at radius 3 is 2.75 bits per heavy atom. The Morgan fingerprint density at radius 1 is 1.07 bits per heavy atom. The summed E-state index contributed by atoms with van der Waals surface area (Å²) in [5.74, 6) is 1.49. The van der Waals surface area contributed by atoms with Gasteiger partial charge < -0.3 is 13.8 Å². The van der Waals surface area contributed by atoms with Crippen LogP contribution in [0.3, 0.4) is 0 Å². The lowest BCUT2D eigenvalue weighted by Crippen LogP contribution is -2.26. The first-order valence-corrected chi connectivity index (χ1v) is 10.2. The third-order valence-electron chi connectivity index (χ3n) is 4.83. The molecule has 0 aliphatic carbocycles. The van der Waals surface area contributed by atoms with E-state index in [-0.39, 0.29) is 29.8 Å². The molecule has 0 aromatic heterocycles. The molecule has 0 radical (unpaired) electrons. The van der Waals surface area contributed by atoms with Crippen LogP contribution >= 0.6 is 0 Å².